The molecular formula is C54H39N. The number of para-hydroxylation sites is 1. The number of nitrogens with zero attached hydrogens (tertiary/aromatic N) is 1. The molecule has 0 heterocycles. The summed E-state index contributed by atoms with van der Waals surface area (Å²) < 4.78 is 0. The standard InChI is InChI=1S/C54H39N/c1-3-15-40(4-2)55(41-18-9-6-10-19-41)42-30-24-36(25-31-42)43-32-26-38-28-34-49-50(35-29-39-27-33-48(43)52(38)53(39)49)54-46-22-13-11-20-44(46)51(37-16-7-5-8-17-37)45-21-12-14-23-47(45)54/h3-25,27-33,35H,1-2,26,34H2/b40-15+. The molecule has 0 atom stereocenters. The molecule has 2 aliphatic carbocycles. The van der Waals surface area contributed by atoms with Gasteiger partial charge < -0.3 is 4.90 Å². The van der Waals surface area contributed by atoms with Gasteiger partial charge in [-0.05, 0) is 137 Å². The normalized spacial score (nSPS) is 13.4. The first kappa shape index (κ1) is 32.7. The van der Waals surface area contributed by atoms with Gasteiger partial charge in [0.1, 0.15) is 0 Å². The van der Waals surface area contributed by atoms with Crippen LogP contribution in [0.3, 0.4) is 0 Å². The van der Waals surface area contributed by atoms with Crippen molar-refractivity contribution in [1.29, 1.82) is 0 Å². The molecule has 2 aliphatic rings. The molecule has 1 heteroatoms. The second-order valence-corrected chi connectivity index (χ2v) is 14.4. The number of benzene rings is 8. The summed E-state index contributed by atoms with van der Waals surface area (Å²) >= 11 is 0. The van der Waals surface area contributed by atoms with Crippen LogP contribution in [0.2, 0.25) is 0 Å². The van der Waals surface area contributed by atoms with E-state index >= 15 is 0 Å². The van der Waals surface area contributed by atoms with Crippen molar-refractivity contribution in [1.82, 2.24) is 0 Å². The lowest BCUT2D eigenvalue weighted by molar-refractivity contribution is 1.21. The van der Waals surface area contributed by atoms with E-state index in [-0.39, 0.29) is 0 Å². The summed E-state index contributed by atoms with van der Waals surface area (Å²) in [4.78, 5) is 2.22. The minimum absolute atomic E-state index is 0.915. The minimum Gasteiger partial charge on any atom is -0.311 e. The lowest BCUT2D eigenvalue weighted by atomic mass is 9.75. The van der Waals surface area contributed by atoms with Crippen molar-refractivity contribution in [2.45, 2.75) is 12.8 Å². The monoisotopic (exact) mass is 701 g/mol. The van der Waals surface area contributed by atoms with Crippen LogP contribution in [0.4, 0.5) is 11.4 Å². The maximum absolute atomic E-state index is 4.11. The van der Waals surface area contributed by atoms with Crippen molar-refractivity contribution >= 4 is 54.8 Å². The van der Waals surface area contributed by atoms with Gasteiger partial charge in [0.2, 0.25) is 0 Å². The second kappa shape index (κ2) is 13.5. The fourth-order valence-electron chi connectivity index (χ4n) is 9.11. The lowest BCUT2D eigenvalue weighted by Gasteiger charge is -2.29. The molecule has 1 nitrogen and oxygen atoms in total. The summed E-state index contributed by atoms with van der Waals surface area (Å²) in [6.45, 7) is 8.07. The highest BCUT2D eigenvalue weighted by atomic mass is 15.1. The van der Waals surface area contributed by atoms with Gasteiger partial charge in [0.25, 0.3) is 0 Å². The van der Waals surface area contributed by atoms with E-state index in [2.05, 4.69) is 182 Å². The average Bonchev–Trinajstić information content (AvgIpc) is 3.25. The van der Waals surface area contributed by atoms with Crippen LogP contribution in [0.25, 0.3) is 65.7 Å². The first-order valence-corrected chi connectivity index (χ1v) is 19.1. The number of hydrogen-bond acceptors (Lipinski definition) is 1. The Bertz CT molecular complexity index is 2870. The van der Waals surface area contributed by atoms with Crippen LogP contribution in [-0.4, -0.2) is 0 Å². The Balaban J connectivity index is 1.13. The van der Waals surface area contributed by atoms with E-state index in [1.807, 2.05) is 24.3 Å². The molecule has 0 fully saturated rings. The van der Waals surface area contributed by atoms with Gasteiger partial charge in [-0.2, -0.15) is 0 Å². The molecule has 260 valence electrons. The zero-order chi connectivity index (χ0) is 36.9. The van der Waals surface area contributed by atoms with Gasteiger partial charge in [-0.15, -0.1) is 0 Å². The van der Waals surface area contributed by atoms with Crippen molar-refractivity contribution in [3.05, 3.63) is 229 Å². The number of allylic oxidation sites excluding steroid dienone is 6. The van der Waals surface area contributed by atoms with E-state index in [0.29, 0.717) is 0 Å². The van der Waals surface area contributed by atoms with Crippen LogP contribution in [0.5, 0.6) is 0 Å². The molecule has 0 unspecified atom stereocenters. The Morgan fingerprint density at radius 1 is 0.491 bits per heavy atom. The zero-order valence-corrected chi connectivity index (χ0v) is 30.7. The molecule has 55 heavy (non-hydrogen) atoms. The van der Waals surface area contributed by atoms with E-state index in [1.165, 1.54) is 88.0 Å². The molecule has 0 saturated carbocycles. The molecule has 10 rings (SSSR count). The minimum atomic E-state index is 0.915. The molecule has 0 N–H and O–H groups in total. The van der Waals surface area contributed by atoms with Gasteiger partial charge in [-0.3, -0.25) is 0 Å². The Morgan fingerprint density at radius 2 is 1.07 bits per heavy atom. The van der Waals surface area contributed by atoms with Gasteiger partial charge in [0.05, 0.1) is 0 Å². The number of fused-ring (bicyclic) bond motifs is 2. The molecule has 8 aromatic rings. The van der Waals surface area contributed by atoms with E-state index in [9.17, 15) is 0 Å². The first-order chi connectivity index (χ1) is 27.2. The summed E-state index contributed by atoms with van der Waals surface area (Å²) in [5.74, 6) is 0. The maximum atomic E-state index is 4.11. The van der Waals surface area contributed by atoms with Crippen LogP contribution < -0.4 is 4.90 Å². The predicted octanol–water partition coefficient (Wildman–Crippen LogP) is 14.6. The highest BCUT2D eigenvalue weighted by Crippen LogP contribution is 2.50. The van der Waals surface area contributed by atoms with E-state index in [0.717, 1.165) is 29.9 Å². The van der Waals surface area contributed by atoms with Crippen molar-refractivity contribution in [2.24, 2.45) is 0 Å². The van der Waals surface area contributed by atoms with Gasteiger partial charge in [-0.1, -0.05) is 165 Å². The molecule has 0 saturated heterocycles. The smallest absolute Gasteiger partial charge is 0.0462 e. The van der Waals surface area contributed by atoms with Gasteiger partial charge >= 0.3 is 0 Å². The number of rotatable bonds is 8. The molecule has 0 radical (unpaired) electrons. The highest BCUT2D eigenvalue weighted by molar-refractivity contribution is 6.22. The third-order valence-electron chi connectivity index (χ3n) is 11.5. The summed E-state index contributed by atoms with van der Waals surface area (Å²) in [6, 6.07) is 57.7. The lowest BCUT2D eigenvalue weighted by Crippen LogP contribution is -2.15. The fraction of sp³-hybridized carbons (Fsp3) is 0.0370. The van der Waals surface area contributed by atoms with Crippen LogP contribution in [0.15, 0.2) is 207 Å². The Hall–Kier alpha value is -6.96. The Morgan fingerprint density at radius 3 is 1.71 bits per heavy atom. The third kappa shape index (κ3) is 5.31. The third-order valence-corrected chi connectivity index (χ3v) is 11.5. The molecule has 0 aromatic heterocycles. The van der Waals surface area contributed by atoms with Crippen LogP contribution >= 0.6 is 0 Å². The second-order valence-electron chi connectivity index (χ2n) is 14.4. The molecule has 8 aromatic carbocycles. The average molecular weight is 702 g/mol. The van der Waals surface area contributed by atoms with Gasteiger partial charge in [0.15, 0.2) is 0 Å². The van der Waals surface area contributed by atoms with E-state index in [4.69, 9.17) is 0 Å². The van der Waals surface area contributed by atoms with Gasteiger partial charge in [-0.25, -0.2) is 0 Å². The number of anilines is 2. The predicted molar refractivity (Wildman–Crippen MR) is 237 cm³/mol. The van der Waals surface area contributed by atoms with Crippen molar-refractivity contribution < 1.29 is 0 Å². The fourth-order valence-corrected chi connectivity index (χ4v) is 9.11. The van der Waals surface area contributed by atoms with Crippen LogP contribution in [-0.2, 0) is 6.42 Å². The van der Waals surface area contributed by atoms with Crippen molar-refractivity contribution in [3.8, 4) is 22.3 Å². The first-order valence-electron chi connectivity index (χ1n) is 19.1. The SMILES string of the molecule is C=C/C=C(\C=C)N(c1ccccc1)c1ccc(C2=CCC3=CCc4c(-c5c6ccccc6c(-c6ccccc6)c6ccccc56)ccc5ccc2c3c45)cc1. The van der Waals surface area contributed by atoms with Crippen LogP contribution in [0, 0.1) is 0 Å². The summed E-state index contributed by atoms with van der Waals surface area (Å²) in [7, 11) is 0. The molecule has 0 amide bonds. The van der Waals surface area contributed by atoms with E-state index in [1.54, 1.807) is 0 Å². The molecular weight excluding hydrogens is 663 g/mol. The van der Waals surface area contributed by atoms with Crippen LogP contribution in [0.1, 0.15) is 28.7 Å². The molecule has 0 bridgehead atoms. The Labute approximate surface area is 322 Å². The quantitative estimate of drug-likeness (QED) is 0.113. The summed E-state index contributed by atoms with van der Waals surface area (Å²) in [5, 5.41) is 7.87. The Kier molecular flexibility index (Phi) is 8.00. The number of hydrogen-bond donors (Lipinski definition) is 0. The highest BCUT2D eigenvalue weighted by Gasteiger charge is 2.27. The maximum Gasteiger partial charge on any atom is 0.0462 e. The van der Waals surface area contributed by atoms with E-state index < -0.39 is 0 Å². The van der Waals surface area contributed by atoms with Crippen molar-refractivity contribution in [2.75, 3.05) is 4.90 Å². The topological polar surface area (TPSA) is 3.24 Å². The van der Waals surface area contributed by atoms with Crippen molar-refractivity contribution in [3.63, 3.8) is 0 Å². The largest absolute Gasteiger partial charge is 0.311 e. The van der Waals surface area contributed by atoms with Gasteiger partial charge in [0, 0.05) is 17.1 Å². The summed E-state index contributed by atoms with van der Waals surface area (Å²) in [5.41, 5.74) is 16.4. The zero-order valence-electron chi connectivity index (χ0n) is 30.7. The molecule has 0 aliphatic heterocycles. The molecule has 0 spiro atoms. The summed E-state index contributed by atoms with van der Waals surface area (Å²) in [6.07, 6.45) is 12.4.